The average molecular weight is 349 g/mol. The van der Waals surface area contributed by atoms with E-state index >= 15 is 0 Å². The maximum absolute atomic E-state index is 12.1. The number of nitrogens with zero attached hydrogens (tertiary/aromatic N) is 2. The molecule has 25 heavy (non-hydrogen) atoms. The van der Waals surface area contributed by atoms with Crippen LogP contribution in [0.15, 0.2) is 30.3 Å². The highest BCUT2D eigenvalue weighted by molar-refractivity contribution is 5.82. The zero-order valence-electron chi connectivity index (χ0n) is 14.4. The quantitative estimate of drug-likeness (QED) is 0.581. The minimum absolute atomic E-state index is 0.0149. The van der Waals surface area contributed by atoms with Gasteiger partial charge < -0.3 is 15.5 Å². The SMILES string of the molecule is O=C(C[C@H](CN1CCN(CCO)CC1)C(=O)O)NCc1ccccc1. The Bertz CT molecular complexity index is 545. The van der Waals surface area contributed by atoms with E-state index in [2.05, 4.69) is 15.1 Å². The molecular weight excluding hydrogens is 322 g/mol. The van der Waals surface area contributed by atoms with Gasteiger partial charge in [0.15, 0.2) is 0 Å². The van der Waals surface area contributed by atoms with Gasteiger partial charge in [-0.1, -0.05) is 30.3 Å². The fraction of sp³-hybridized carbons (Fsp3) is 0.556. The van der Waals surface area contributed by atoms with Crippen molar-refractivity contribution >= 4 is 11.9 Å². The second-order valence-electron chi connectivity index (χ2n) is 6.37. The van der Waals surface area contributed by atoms with Crippen LogP contribution in [0.2, 0.25) is 0 Å². The third kappa shape index (κ3) is 6.81. The van der Waals surface area contributed by atoms with Gasteiger partial charge in [0, 0.05) is 52.2 Å². The number of aliphatic carboxylic acids is 1. The fourth-order valence-electron chi connectivity index (χ4n) is 2.97. The first kappa shape index (κ1) is 19.4. The monoisotopic (exact) mass is 349 g/mol. The number of carbonyl (C=O) groups is 2. The Morgan fingerprint density at radius 3 is 2.32 bits per heavy atom. The second-order valence-corrected chi connectivity index (χ2v) is 6.37. The molecule has 0 spiro atoms. The first-order valence-electron chi connectivity index (χ1n) is 8.67. The van der Waals surface area contributed by atoms with Gasteiger partial charge >= 0.3 is 5.97 Å². The van der Waals surface area contributed by atoms with Crippen molar-refractivity contribution in [2.24, 2.45) is 5.92 Å². The van der Waals surface area contributed by atoms with Crippen molar-refractivity contribution in [1.82, 2.24) is 15.1 Å². The molecular formula is C18H27N3O4. The van der Waals surface area contributed by atoms with E-state index < -0.39 is 11.9 Å². The molecule has 1 heterocycles. The predicted molar refractivity (Wildman–Crippen MR) is 94.0 cm³/mol. The van der Waals surface area contributed by atoms with Crippen LogP contribution in [0.5, 0.6) is 0 Å². The van der Waals surface area contributed by atoms with Gasteiger partial charge in [-0.25, -0.2) is 0 Å². The first-order valence-corrected chi connectivity index (χ1v) is 8.67. The summed E-state index contributed by atoms with van der Waals surface area (Å²) in [6.07, 6.45) is -0.0149. The summed E-state index contributed by atoms with van der Waals surface area (Å²) in [5.74, 6) is -1.89. The van der Waals surface area contributed by atoms with E-state index in [1.165, 1.54) is 0 Å². The van der Waals surface area contributed by atoms with Gasteiger partial charge in [0.25, 0.3) is 0 Å². The Balaban J connectivity index is 1.76. The molecule has 0 aliphatic carbocycles. The molecule has 138 valence electrons. The van der Waals surface area contributed by atoms with E-state index in [4.69, 9.17) is 5.11 Å². The van der Waals surface area contributed by atoms with Crippen LogP contribution in [0.1, 0.15) is 12.0 Å². The number of benzene rings is 1. The molecule has 3 N–H and O–H groups in total. The number of carboxylic acids is 1. The molecule has 0 unspecified atom stereocenters. The van der Waals surface area contributed by atoms with E-state index in [0.29, 0.717) is 19.6 Å². The summed E-state index contributed by atoms with van der Waals surface area (Å²) in [5, 5.41) is 21.2. The van der Waals surface area contributed by atoms with Crippen LogP contribution < -0.4 is 5.32 Å². The molecule has 1 aliphatic heterocycles. The van der Waals surface area contributed by atoms with Gasteiger partial charge in [-0.3, -0.25) is 19.4 Å². The minimum atomic E-state index is -0.937. The molecule has 1 saturated heterocycles. The lowest BCUT2D eigenvalue weighted by atomic mass is 10.0. The van der Waals surface area contributed by atoms with Crippen molar-refractivity contribution in [2.45, 2.75) is 13.0 Å². The Hall–Kier alpha value is -1.96. The summed E-state index contributed by atoms with van der Waals surface area (Å²) >= 11 is 0. The van der Waals surface area contributed by atoms with Crippen LogP contribution >= 0.6 is 0 Å². The van der Waals surface area contributed by atoms with E-state index in [1.54, 1.807) is 0 Å². The van der Waals surface area contributed by atoms with Crippen LogP contribution in [-0.2, 0) is 16.1 Å². The molecule has 2 rings (SSSR count). The molecule has 0 aromatic heterocycles. The molecule has 1 aliphatic rings. The van der Waals surface area contributed by atoms with E-state index in [1.807, 2.05) is 30.3 Å². The highest BCUT2D eigenvalue weighted by atomic mass is 16.4. The summed E-state index contributed by atoms with van der Waals surface area (Å²) in [6.45, 7) is 4.72. The molecule has 0 radical (unpaired) electrons. The number of amides is 1. The smallest absolute Gasteiger partial charge is 0.308 e. The average Bonchev–Trinajstić information content (AvgIpc) is 2.62. The lowest BCUT2D eigenvalue weighted by molar-refractivity contribution is -0.145. The highest BCUT2D eigenvalue weighted by Crippen LogP contribution is 2.10. The standard InChI is InChI=1S/C18H27N3O4/c22-11-10-20-6-8-21(9-7-20)14-16(18(24)25)12-17(23)19-13-15-4-2-1-3-5-15/h1-5,16,22H,6-14H2,(H,19,23)(H,24,25)/t16-/m1/s1. The van der Waals surface area contributed by atoms with Crippen molar-refractivity contribution in [3.05, 3.63) is 35.9 Å². The van der Waals surface area contributed by atoms with Crippen molar-refractivity contribution in [3.8, 4) is 0 Å². The number of aliphatic hydroxyl groups is 1. The van der Waals surface area contributed by atoms with E-state index in [9.17, 15) is 14.7 Å². The molecule has 0 bridgehead atoms. The topological polar surface area (TPSA) is 93.1 Å². The summed E-state index contributed by atoms with van der Waals surface area (Å²) in [4.78, 5) is 27.8. The fourth-order valence-corrected chi connectivity index (χ4v) is 2.97. The highest BCUT2D eigenvalue weighted by Gasteiger charge is 2.26. The zero-order valence-corrected chi connectivity index (χ0v) is 14.4. The summed E-state index contributed by atoms with van der Waals surface area (Å²) in [7, 11) is 0. The molecule has 1 fully saturated rings. The molecule has 1 aromatic carbocycles. The maximum atomic E-state index is 12.1. The zero-order chi connectivity index (χ0) is 18.1. The number of carboxylic acid groups (broad SMARTS) is 1. The normalized spacial score (nSPS) is 17.2. The van der Waals surface area contributed by atoms with Crippen molar-refractivity contribution < 1.29 is 19.8 Å². The lowest BCUT2D eigenvalue weighted by Crippen LogP contribution is -2.49. The van der Waals surface area contributed by atoms with Crippen molar-refractivity contribution in [2.75, 3.05) is 45.9 Å². The Morgan fingerprint density at radius 2 is 1.72 bits per heavy atom. The van der Waals surface area contributed by atoms with Gasteiger partial charge in [-0.15, -0.1) is 0 Å². The summed E-state index contributed by atoms with van der Waals surface area (Å²) in [5.41, 5.74) is 0.989. The van der Waals surface area contributed by atoms with Crippen LogP contribution in [0.3, 0.4) is 0 Å². The minimum Gasteiger partial charge on any atom is -0.481 e. The number of carbonyl (C=O) groups excluding carboxylic acids is 1. The van der Waals surface area contributed by atoms with Gasteiger partial charge in [-0.05, 0) is 5.56 Å². The van der Waals surface area contributed by atoms with Crippen LogP contribution in [0.4, 0.5) is 0 Å². The Morgan fingerprint density at radius 1 is 1.08 bits per heavy atom. The van der Waals surface area contributed by atoms with Gasteiger partial charge in [-0.2, -0.15) is 0 Å². The number of nitrogens with one attached hydrogen (secondary N) is 1. The van der Waals surface area contributed by atoms with E-state index in [0.717, 1.165) is 31.7 Å². The molecule has 7 nitrogen and oxygen atoms in total. The molecule has 1 amide bonds. The molecule has 1 atom stereocenters. The van der Waals surface area contributed by atoms with Crippen molar-refractivity contribution in [1.29, 1.82) is 0 Å². The van der Waals surface area contributed by atoms with Crippen molar-refractivity contribution in [3.63, 3.8) is 0 Å². The first-order chi connectivity index (χ1) is 12.1. The third-order valence-corrected chi connectivity index (χ3v) is 4.47. The third-order valence-electron chi connectivity index (χ3n) is 4.47. The predicted octanol–water partition coefficient (Wildman–Crippen LogP) is 0.00360. The molecule has 7 heteroatoms. The lowest BCUT2D eigenvalue weighted by Gasteiger charge is -2.35. The number of β-amino-alcohol motifs (C(OH)–C–C–N with tert-alkyl or cyclic N) is 1. The Labute approximate surface area is 148 Å². The summed E-state index contributed by atoms with van der Waals surface area (Å²) in [6, 6.07) is 9.55. The van der Waals surface area contributed by atoms with Gasteiger partial charge in [0.05, 0.1) is 12.5 Å². The van der Waals surface area contributed by atoms with Gasteiger partial charge in [0.1, 0.15) is 0 Å². The number of piperazine rings is 1. The van der Waals surface area contributed by atoms with Crippen LogP contribution in [-0.4, -0.2) is 77.8 Å². The number of rotatable bonds is 9. The number of hydrogen-bond donors (Lipinski definition) is 3. The molecule has 1 aromatic rings. The van der Waals surface area contributed by atoms with Gasteiger partial charge in [0.2, 0.25) is 5.91 Å². The van der Waals surface area contributed by atoms with Crippen LogP contribution in [0.25, 0.3) is 0 Å². The maximum Gasteiger partial charge on any atom is 0.308 e. The second kappa shape index (κ2) is 10.1. The largest absolute Gasteiger partial charge is 0.481 e. The number of hydrogen-bond acceptors (Lipinski definition) is 5. The Kier molecular flexibility index (Phi) is 7.84. The summed E-state index contributed by atoms with van der Waals surface area (Å²) < 4.78 is 0. The van der Waals surface area contributed by atoms with E-state index in [-0.39, 0.29) is 18.9 Å². The van der Waals surface area contributed by atoms with Crippen LogP contribution in [0, 0.1) is 5.92 Å². The molecule has 0 saturated carbocycles. The number of aliphatic hydroxyl groups excluding tert-OH is 1.